The summed E-state index contributed by atoms with van der Waals surface area (Å²) in [7, 11) is 0. The number of hydrogen-bond donors (Lipinski definition) is 2. The molecule has 2 N–H and O–H groups in total. The second-order valence-corrected chi connectivity index (χ2v) is 7.72. The molecule has 0 spiro atoms. The first-order chi connectivity index (χ1) is 13.6. The summed E-state index contributed by atoms with van der Waals surface area (Å²) >= 11 is 1.29. The van der Waals surface area contributed by atoms with Gasteiger partial charge >= 0.3 is 0 Å². The van der Waals surface area contributed by atoms with Gasteiger partial charge in [0.1, 0.15) is 5.75 Å². The zero-order chi connectivity index (χ0) is 19.9. The van der Waals surface area contributed by atoms with Crippen LogP contribution < -0.4 is 5.32 Å². The van der Waals surface area contributed by atoms with Gasteiger partial charge in [-0.25, -0.2) is 0 Å². The Hall–Kier alpha value is -2.87. The van der Waals surface area contributed by atoms with Crippen molar-refractivity contribution < 1.29 is 9.90 Å². The molecule has 3 aromatic rings. The quantitative estimate of drug-likeness (QED) is 0.567. The first-order valence-electron chi connectivity index (χ1n) is 9.15. The van der Waals surface area contributed by atoms with Crippen LogP contribution in [0.15, 0.2) is 59.8 Å². The van der Waals surface area contributed by atoms with Crippen LogP contribution in [0.4, 0.5) is 0 Å². The van der Waals surface area contributed by atoms with E-state index < -0.39 is 0 Å². The highest BCUT2D eigenvalue weighted by Crippen LogP contribution is 2.24. The molecule has 2 atom stereocenters. The number of thioether (sulfide) groups is 1. The van der Waals surface area contributed by atoms with Crippen LogP contribution in [0.1, 0.15) is 31.7 Å². The lowest BCUT2D eigenvalue weighted by atomic mass is 9.96. The van der Waals surface area contributed by atoms with Crippen molar-refractivity contribution in [2.24, 2.45) is 0 Å². The zero-order valence-corrected chi connectivity index (χ0v) is 16.6. The molecule has 8 heteroatoms. The Kier molecular flexibility index (Phi) is 6.65. The van der Waals surface area contributed by atoms with Crippen LogP contribution >= 0.6 is 11.8 Å². The van der Waals surface area contributed by atoms with E-state index in [0.29, 0.717) is 17.4 Å². The lowest BCUT2D eigenvalue weighted by Gasteiger charge is -2.18. The Labute approximate surface area is 168 Å². The monoisotopic (exact) mass is 397 g/mol. The summed E-state index contributed by atoms with van der Waals surface area (Å²) in [6, 6.07) is 16.8. The van der Waals surface area contributed by atoms with Crippen LogP contribution in [-0.2, 0) is 4.79 Å². The van der Waals surface area contributed by atoms with E-state index in [9.17, 15) is 9.90 Å². The molecule has 1 heterocycles. The number of nitrogens with one attached hydrogen (secondary N) is 1. The number of aromatic nitrogens is 4. The highest BCUT2D eigenvalue weighted by molar-refractivity contribution is 8.00. The molecule has 1 amide bonds. The van der Waals surface area contributed by atoms with E-state index in [2.05, 4.69) is 39.9 Å². The third-order valence-corrected chi connectivity index (χ3v) is 5.51. The van der Waals surface area contributed by atoms with Crippen molar-refractivity contribution in [3.63, 3.8) is 0 Å². The second-order valence-electron chi connectivity index (χ2n) is 6.41. The number of carbonyl (C=O) groups excluding carboxylic acids is 1. The van der Waals surface area contributed by atoms with Gasteiger partial charge in [-0.2, -0.15) is 4.68 Å². The lowest BCUT2D eigenvalue weighted by molar-refractivity contribution is -0.120. The number of benzene rings is 2. The van der Waals surface area contributed by atoms with E-state index in [1.54, 1.807) is 28.9 Å². The van der Waals surface area contributed by atoms with Crippen LogP contribution in [0.25, 0.3) is 5.69 Å². The molecular weight excluding hydrogens is 374 g/mol. The van der Waals surface area contributed by atoms with Gasteiger partial charge in [-0.05, 0) is 53.6 Å². The van der Waals surface area contributed by atoms with E-state index in [4.69, 9.17) is 0 Å². The summed E-state index contributed by atoms with van der Waals surface area (Å²) < 4.78 is 1.55. The topological polar surface area (TPSA) is 92.9 Å². The Morgan fingerprint density at radius 3 is 2.57 bits per heavy atom. The molecule has 0 radical (unpaired) electrons. The Morgan fingerprint density at radius 1 is 1.18 bits per heavy atom. The Bertz CT molecular complexity index is 898. The zero-order valence-electron chi connectivity index (χ0n) is 15.8. The summed E-state index contributed by atoms with van der Waals surface area (Å²) in [5.41, 5.74) is 1.94. The van der Waals surface area contributed by atoms with Crippen LogP contribution in [-0.4, -0.2) is 43.0 Å². The van der Waals surface area contributed by atoms with Crippen LogP contribution in [0.3, 0.4) is 0 Å². The van der Waals surface area contributed by atoms with Gasteiger partial charge in [0.2, 0.25) is 11.1 Å². The predicted octanol–water partition coefficient (Wildman–Crippen LogP) is 3.16. The number of amides is 1. The molecule has 0 unspecified atom stereocenters. The number of phenolic OH excluding ortho intramolecular Hbond substituents is 1. The fourth-order valence-electron chi connectivity index (χ4n) is 2.81. The number of rotatable bonds is 8. The van der Waals surface area contributed by atoms with E-state index in [1.165, 1.54) is 17.3 Å². The molecule has 7 nitrogen and oxygen atoms in total. The smallest absolute Gasteiger partial charge is 0.233 e. The number of aromatic hydroxyl groups is 1. The van der Waals surface area contributed by atoms with Crippen LogP contribution in [0.2, 0.25) is 0 Å². The number of phenols is 1. The molecule has 0 saturated heterocycles. The number of tetrazole rings is 1. The molecule has 2 aromatic carbocycles. The second kappa shape index (κ2) is 9.36. The fourth-order valence-corrected chi connectivity index (χ4v) is 3.64. The summed E-state index contributed by atoms with van der Waals surface area (Å²) in [6.07, 6.45) is 0.949. The van der Waals surface area contributed by atoms with Gasteiger partial charge in [-0.1, -0.05) is 49.0 Å². The van der Waals surface area contributed by atoms with Gasteiger partial charge in [0, 0.05) is 12.5 Å². The van der Waals surface area contributed by atoms with Crippen LogP contribution in [0, 0.1) is 0 Å². The molecule has 0 aliphatic rings. The van der Waals surface area contributed by atoms with E-state index >= 15 is 0 Å². The molecular formula is C20H23N5O2S. The minimum atomic E-state index is -0.352. The lowest BCUT2D eigenvalue weighted by Crippen LogP contribution is -2.34. The van der Waals surface area contributed by atoms with E-state index in [0.717, 1.165) is 6.42 Å². The van der Waals surface area contributed by atoms with Crippen molar-refractivity contribution in [2.45, 2.75) is 36.6 Å². The SMILES string of the molecule is CC[C@@H](CNC(=O)[C@H](C)Sc1nnnn1-c1ccc(O)cc1)c1ccccc1. The maximum atomic E-state index is 12.6. The van der Waals surface area contributed by atoms with Crippen molar-refractivity contribution in [3.8, 4) is 11.4 Å². The highest BCUT2D eigenvalue weighted by Gasteiger charge is 2.20. The van der Waals surface area contributed by atoms with Crippen molar-refractivity contribution in [1.82, 2.24) is 25.5 Å². The molecule has 28 heavy (non-hydrogen) atoms. The maximum Gasteiger partial charge on any atom is 0.233 e. The summed E-state index contributed by atoms with van der Waals surface area (Å²) in [4.78, 5) is 12.6. The summed E-state index contributed by atoms with van der Waals surface area (Å²) in [6.45, 7) is 4.54. The third-order valence-electron chi connectivity index (χ3n) is 4.47. The molecule has 0 aliphatic heterocycles. The van der Waals surface area contributed by atoms with Crippen molar-refractivity contribution in [2.75, 3.05) is 6.54 Å². The van der Waals surface area contributed by atoms with Crippen molar-refractivity contribution in [3.05, 3.63) is 60.2 Å². The molecule has 146 valence electrons. The molecule has 0 bridgehead atoms. The van der Waals surface area contributed by atoms with Gasteiger partial charge in [-0.15, -0.1) is 5.10 Å². The first-order valence-corrected chi connectivity index (χ1v) is 10.0. The average molecular weight is 398 g/mol. The van der Waals surface area contributed by atoms with Gasteiger partial charge < -0.3 is 10.4 Å². The number of carbonyl (C=O) groups is 1. The van der Waals surface area contributed by atoms with Gasteiger partial charge in [0.05, 0.1) is 10.9 Å². The third kappa shape index (κ3) is 4.89. The average Bonchev–Trinajstić information content (AvgIpc) is 3.17. The summed E-state index contributed by atoms with van der Waals surface area (Å²) in [5, 5.41) is 24.3. The number of hydrogen-bond acceptors (Lipinski definition) is 6. The first kappa shape index (κ1) is 19.9. The van der Waals surface area contributed by atoms with Gasteiger partial charge in [0.15, 0.2) is 0 Å². The standard InChI is InChI=1S/C20H23N5O2S/c1-3-15(16-7-5-4-6-8-16)13-21-19(27)14(2)28-20-22-23-24-25(20)17-9-11-18(26)12-10-17/h4-12,14-15,26H,3,13H2,1-2H3,(H,21,27)/t14-,15-/m0/s1. The number of nitrogens with zero attached hydrogens (tertiary/aromatic N) is 4. The summed E-state index contributed by atoms with van der Waals surface area (Å²) in [5.74, 6) is 0.395. The Balaban J connectivity index is 1.60. The molecule has 0 aliphatic carbocycles. The highest BCUT2D eigenvalue weighted by atomic mass is 32.2. The molecule has 0 fully saturated rings. The fraction of sp³-hybridized carbons (Fsp3) is 0.300. The maximum absolute atomic E-state index is 12.6. The van der Waals surface area contributed by atoms with Crippen molar-refractivity contribution in [1.29, 1.82) is 0 Å². The van der Waals surface area contributed by atoms with E-state index in [-0.39, 0.29) is 22.8 Å². The van der Waals surface area contributed by atoms with Crippen LogP contribution in [0.5, 0.6) is 5.75 Å². The largest absolute Gasteiger partial charge is 0.508 e. The van der Waals surface area contributed by atoms with E-state index in [1.807, 2.05) is 25.1 Å². The minimum absolute atomic E-state index is 0.0559. The van der Waals surface area contributed by atoms with Gasteiger partial charge in [-0.3, -0.25) is 4.79 Å². The normalized spacial score (nSPS) is 13.1. The molecule has 3 rings (SSSR count). The van der Waals surface area contributed by atoms with Crippen molar-refractivity contribution >= 4 is 17.7 Å². The Morgan fingerprint density at radius 2 is 1.89 bits per heavy atom. The minimum Gasteiger partial charge on any atom is -0.508 e. The molecule has 1 aromatic heterocycles. The van der Waals surface area contributed by atoms with Gasteiger partial charge in [0.25, 0.3) is 0 Å². The predicted molar refractivity (Wildman–Crippen MR) is 109 cm³/mol. The molecule has 0 saturated carbocycles.